The van der Waals surface area contributed by atoms with E-state index in [-0.39, 0.29) is 17.7 Å². The van der Waals surface area contributed by atoms with Gasteiger partial charge in [-0.1, -0.05) is 17.7 Å². The van der Waals surface area contributed by atoms with Gasteiger partial charge in [-0.3, -0.25) is 9.59 Å². The van der Waals surface area contributed by atoms with Crippen molar-refractivity contribution in [3.05, 3.63) is 40.1 Å². The van der Waals surface area contributed by atoms with Crippen LogP contribution >= 0.6 is 0 Å². The molecule has 0 saturated carbocycles. The molecule has 0 spiro atoms. The summed E-state index contributed by atoms with van der Waals surface area (Å²) in [6.45, 7) is 13.3. The molecule has 30 heavy (non-hydrogen) atoms. The zero-order chi connectivity index (χ0) is 22.1. The number of rotatable bonds is 5. The van der Waals surface area contributed by atoms with Crippen molar-refractivity contribution in [3.63, 3.8) is 0 Å². The van der Waals surface area contributed by atoms with E-state index in [9.17, 15) is 9.59 Å². The Balaban J connectivity index is 1.89. The van der Waals surface area contributed by atoms with Crippen molar-refractivity contribution in [2.75, 3.05) is 13.2 Å². The summed E-state index contributed by atoms with van der Waals surface area (Å²) in [5.41, 5.74) is 4.24. The van der Waals surface area contributed by atoms with Gasteiger partial charge >= 0.3 is 5.97 Å². The Bertz CT molecular complexity index is 827. The molecule has 0 bridgehead atoms. The molecule has 1 heterocycles. The van der Waals surface area contributed by atoms with Crippen molar-refractivity contribution in [1.29, 1.82) is 0 Å². The fourth-order valence-corrected chi connectivity index (χ4v) is 4.66. The Labute approximate surface area is 181 Å². The van der Waals surface area contributed by atoms with Crippen LogP contribution in [0.25, 0.3) is 5.57 Å². The van der Waals surface area contributed by atoms with Crippen LogP contribution in [0.2, 0.25) is 0 Å². The molecule has 1 aliphatic heterocycles. The number of carbonyl (C=O) groups is 2. The molecule has 1 atom stereocenters. The molecule has 1 aromatic rings. The molecule has 2 aliphatic rings. The molecule has 0 aromatic heterocycles. The molecule has 4 nitrogen and oxygen atoms in total. The lowest BCUT2D eigenvalue weighted by molar-refractivity contribution is -0.148. The van der Waals surface area contributed by atoms with Crippen molar-refractivity contribution in [2.45, 2.75) is 73.6 Å². The lowest BCUT2D eigenvalue weighted by Gasteiger charge is -2.23. The largest absolute Gasteiger partial charge is 0.430 e. The minimum atomic E-state index is -0.612. The van der Waals surface area contributed by atoms with E-state index in [1.165, 1.54) is 5.56 Å². The zero-order valence-corrected chi connectivity index (χ0v) is 19.4. The molecule has 1 fully saturated rings. The van der Waals surface area contributed by atoms with Crippen molar-refractivity contribution in [3.8, 4) is 0 Å². The normalized spacial score (nSPS) is 20.7. The number of Topliss-reactive ketones (excluding diaryl/α,β-unsaturated/α-hetero) is 1. The summed E-state index contributed by atoms with van der Waals surface area (Å²) >= 11 is 0. The van der Waals surface area contributed by atoms with E-state index in [1.807, 2.05) is 34.6 Å². The number of hydrogen-bond donors (Lipinski definition) is 0. The maximum Gasteiger partial charge on any atom is 0.316 e. The van der Waals surface area contributed by atoms with Crippen LogP contribution in [-0.2, 0) is 19.1 Å². The number of hydrogen-bond acceptors (Lipinski definition) is 4. The van der Waals surface area contributed by atoms with Crippen molar-refractivity contribution in [1.82, 2.24) is 0 Å². The average molecular weight is 413 g/mol. The highest BCUT2D eigenvalue weighted by Crippen LogP contribution is 2.42. The first kappa shape index (κ1) is 22.7. The van der Waals surface area contributed by atoms with Gasteiger partial charge in [0.15, 0.2) is 5.78 Å². The van der Waals surface area contributed by atoms with Crippen LogP contribution in [0.4, 0.5) is 0 Å². The van der Waals surface area contributed by atoms with Crippen LogP contribution in [0.5, 0.6) is 0 Å². The third-order valence-corrected chi connectivity index (χ3v) is 6.35. The van der Waals surface area contributed by atoms with E-state index < -0.39 is 5.41 Å². The van der Waals surface area contributed by atoms with E-state index >= 15 is 0 Å². The summed E-state index contributed by atoms with van der Waals surface area (Å²) in [6, 6.07) is 4.20. The second-order valence-electron chi connectivity index (χ2n) is 10.1. The molecule has 0 amide bonds. The van der Waals surface area contributed by atoms with Crippen LogP contribution in [0.3, 0.4) is 0 Å². The number of carbonyl (C=O) groups excluding carboxylic acids is 2. The number of ether oxygens (including phenoxy) is 2. The van der Waals surface area contributed by atoms with Crippen LogP contribution < -0.4 is 0 Å². The number of benzene rings is 1. The van der Waals surface area contributed by atoms with E-state index in [0.29, 0.717) is 23.7 Å². The maximum atomic E-state index is 13.5. The Kier molecular flexibility index (Phi) is 6.86. The van der Waals surface area contributed by atoms with E-state index in [2.05, 4.69) is 19.1 Å². The number of esters is 1. The Morgan fingerprint density at radius 3 is 2.23 bits per heavy atom. The molecule has 1 aromatic carbocycles. The monoisotopic (exact) mass is 412 g/mol. The minimum Gasteiger partial charge on any atom is -0.430 e. The van der Waals surface area contributed by atoms with Gasteiger partial charge in [0.2, 0.25) is 0 Å². The second kappa shape index (κ2) is 9.05. The fourth-order valence-electron chi connectivity index (χ4n) is 4.66. The quantitative estimate of drug-likeness (QED) is 0.582. The lowest BCUT2D eigenvalue weighted by Crippen LogP contribution is -2.22. The van der Waals surface area contributed by atoms with Crippen LogP contribution in [0.1, 0.15) is 75.1 Å². The molecule has 0 radical (unpaired) electrons. The second-order valence-corrected chi connectivity index (χ2v) is 10.1. The van der Waals surface area contributed by atoms with Crippen molar-refractivity contribution in [2.24, 2.45) is 17.3 Å². The highest BCUT2D eigenvalue weighted by Gasteiger charge is 2.38. The van der Waals surface area contributed by atoms with Gasteiger partial charge in [0.25, 0.3) is 0 Å². The van der Waals surface area contributed by atoms with Crippen LogP contribution in [-0.4, -0.2) is 25.0 Å². The van der Waals surface area contributed by atoms with Gasteiger partial charge in [-0.15, -0.1) is 0 Å². The van der Waals surface area contributed by atoms with E-state index in [0.717, 1.165) is 55.6 Å². The molecular formula is C26H36O4. The first-order valence-corrected chi connectivity index (χ1v) is 11.2. The standard InChI is InChI=1S/C26H36O4/c1-16-13-17(2)22(18(3)14-16)23-21(30-25(28)26(4,5)6)15-20(24(23)27)8-7-19-9-11-29-12-10-19/h13-14,19-20H,7-12,15H2,1-6H3. The van der Waals surface area contributed by atoms with Gasteiger partial charge in [0.05, 0.1) is 11.0 Å². The van der Waals surface area contributed by atoms with Crippen LogP contribution in [0, 0.1) is 38.0 Å². The van der Waals surface area contributed by atoms with Gasteiger partial charge in [-0.25, -0.2) is 0 Å². The molecular weight excluding hydrogens is 376 g/mol. The molecule has 4 heteroatoms. The Morgan fingerprint density at radius 2 is 1.67 bits per heavy atom. The molecule has 1 unspecified atom stereocenters. The molecule has 3 rings (SSSR count). The summed E-state index contributed by atoms with van der Waals surface area (Å²) < 4.78 is 11.3. The smallest absolute Gasteiger partial charge is 0.316 e. The highest BCUT2D eigenvalue weighted by atomic mass is 16.5. The molecule has 1 saturated heterocycles. The van der Waals surface area contributed by atoms with Gasteiger partial charge in [0, 0.05) is 25.6 Å². The highest BCUT2D eigenvalue weighted by molar-refractivity contribution is 6.25. The SMILES string of the molecule is Cc1cc(C)c(C2=C(OC(=O)C(C)(C)C)CC(CCC3CCOCC3)C2=O)c(C)c1. The summed E-state index contributed by atoms with van der Waals surface area (Å²) in [7, 11) is 0. The summed E-state index contributed by atoms with van der Waals surface area (Å²) in [6.07, 6.45) is 4.53. The first-order valence-electron chi connectivity index (χ1n) is 11.2. The number of aryl methyl sites for hydroxylation is 3. The Morgan fingerprint density at radius 1 is 1.07 bits per heavy atom. The van der Waals surface area contributed by atoms with Crippen molar-refractivity contribution >= 4 is 17.3 Å². The fraction of sp³-hybridized carbons (Fsp3) is 0.615. The Hall–Kier alpha value is -1.94. The predicted octanol–water partition coefficient (Wildman–Crippen LogP) is 5.71. The number of ketones is 1. The lowest BCUT2D eigenvalue weighted by atomic mass is 9.87. The first-order chi connectivity index (χ1) is 14.1. The molecule has 164 valence electrons. The number of allylic oxidation sites excluding steroid dienone is 2. The van der Waals surface area contributed by atoms with Crippen molar-refractivity contribution < 1.29 is 19.1 Å². The summed E-state index contributed by atoms with van der Waals surface area (Å²) in [5.74, 6) is 0.931. The molecule has 0 N–H and O–H groups in total. The molecule has 1 aliphatic carbocycles. The topological polar surface area (TPSA) is 52.6 Å². The summed E-state index contributed by atoms with van der Waals surface area (Å²) in [4.78, 5) is 26.2. The minimum absolute atomic E-state index is 0.106. The van der Waals surface area contributed by atoms with Gasteiger partial charge in [-0.2, -0.15) is 0 Å². The van der Waals surface area contributed by atoms with Gasteiger partial charge in [-0.05, 0) is 89.8 Å². The van der Waals surface area contributed by atoms with E-state index in [4.69, 9.17) is 9.47 Å². The van der Waals surface area contributed by atoms with Crippen LogP contribution in [0.15, 0.2) is 17.9 Å². The maximum absolute atomic E-state index is 13.5. The summed E-state index contributed by atoms with van der Waals surface area (Å²) in [5, 5.41) is 0. The average Bonchev–Trinajstić information content (AvgIpc) is 2.95. The van der Waals surface area contributed by atoms with Gasteiger partial charge < -0.3 is 9.47 Å². The zero-order valence-electron chi connectivity index (χ0n) is 19.4. The predicted molar refractivity (Wildman–Crippen MR) is 119 cm³/mol. The third kappa shape index (κ3) is 5.03. The van der Waals surface area contributed by atoms with E-state index in [1.54, 1.807) is 0 Å². The third-order valence-electron chi connectivity index (χ3n) is 6.35. The van der Waals surface area contributed by atoms with Gasteiger partial charge in [0.1, 0.15) is 5.76 Å².